The number of pyridine rings is 1. The van der Waals surface area contributed by atoms with Gasteiger partial charge in [0.15, 0.2) is 12.0 Å². The van der Waals surface area contributed by atoms with Crippen molar-refractivity contribution in [2.24, 2.45) is 12.8 Å². The van der Waals surface area contributed by atoms with Crippen LogP contribution in [0.4, 0.5) is 14.5 Å². The van der Waals surface area contributed by atoms with E-state index in [-0.39, 0.29) is 17.8 Å². The number of aryl methyl sites for hydroxylation is 1. The highest BCUT2D eigenvalue weighted by Crippen LogP contribution is 2.30. The van der Waals surface area contributed by atoms with E-state index in [1.807, 2.05) is 41.9 Å². The Bertz CT molecular complexity index is 1490. The first kappa shape index (κ1) is 26.2. The second-order valence-corrected chi connectivity index (χ2v) is 9.60. The Balaban J connectivity index is 1.60. The number of hydrogen-bond acceptors (Lipinski definition) is 4. The number of nitrogens with two attached hydrogens (primary N) is 1. The van der Waals surface area contributed by atoms with Gasteiger partial charge in [-0.3, -0.25) is 20.3 Å². The minimum Gasteiger partial charge on any atom is -0.349 e. The van der Waals surface area contributed by atoms with Crippen molar-refractivity contribution in [3.05, 3.63) is 82.6 Å². The molecule has 2 aromatic carbocycles. The van der Waals surface area contributed by atoms with Crippen LogP contribution in [0.15, 0.2) is 60.8 Å². The summed E-state index contributed by atoms with van der Waals surface area (Å²) in [5.41, 5.74) is 6.69. The molecule has 37 heavy (non-hydrogen) atoms. The number of nitrogens with one attached hydrogen (secondary N) is 2. The lowest BCUT2D eigenvalue weighted by Gasteiger charge is -2.15. The minimum absolute atomic E-state index is 0.0889. The summed E-state index contributed by atoms with van der Waals surface area (Å²) in [6, 6.07) is 16.3. The Morgan fingerprint density at radius 3 is 2.59 bits per heavy atom. The van der Waals surface area contributed by atoms with E-state index in [2.05, 4.69) is 15.6 Å². The van der Waals surface area contributed by atoms with E-state index in [9.17, 15) is 18.4 Å². The fraction of sp³-hybridized carbons (Fsp3) is 0.222. The summed E-state index contributed by atoms with van der Waals surface area (Å²) in [5, 5.41) is 6.69. The Hall–Kier alpha value is -3.82. The van der Waals surface area contributed by atoms with Gasteiger partial charge in [-0.25, -0.2) is 8.78 Å². The Labute approximate surface area is 217 Å². The monoisotopic (exact) mass is 525 g/mol. The molecule has 0 spiro atoms. The van der Waals surface area contributed by atoms with Gasteiger partial charge in [-0.15, -0.1) is 0 Å². The van der Waals surface area contributed by atoms with Crippen LogP contribution in [-0.2, 0) is 18.4 Å². The van der Waals surface area contributed by atoms with Crippen LogP contribution in [0.25, 0.3) is 22.2 Å². The molecule has 2 amide bonds. The summed E-state index contributed by atoms with van der Waals surface area (Å²) in [7, 11) is 1.94. The zero-order chi connectivity index (χ0) is 26.9. The Kier molecular flexibility index (Phi) is 7.29. The van der Waals surface area contributed by atoms with Crippen LogP contribution in [0.1, 0.15) is 41.8 Å². The van der Waals surface area contributed by atoms with Crippen molar-refractivity contribution in [2.75, 3.05) is 5.32 Å². The highest BCUT2D eigenvalue weighted by Gasteiger charge is 2.26. The van der Waals surface area contributed by atoms with Gasteiger partial charge in [-0.05, 0) is 67.4 Å². The number of alkyl halides is 2. The molecule has 10 heteroatoms. The molecule has 2 aromatic heterocycles. The number of benzene rings is 2. The van der Waals surface area contributed by atoms with Crippen LogP contribution in [0.3, 0.4) is 0 Å². The molecule has 2 heterocycles. The molecule has 0 radical (unpaired) electrons. The lowest BCUT2D eigenvalue weighted by atomic mass is 10.1. The molecule has 1 atom stereocenters. The quantitative estimate of drug-likeness (QED) is 0.280. The van der Waals surface area contributed by atoms with Gasteiger partial charge < -0.3 is 15.2 Å². The number of halogens is 3. The van der Waals surface area contributed by atoms with E-state index in [0.717, 1.165) is 36.0 Å². The summed E-state index contributed by atoms with van der Waals surface area (Å²) in [4.78, 5) is 28.9. The number of anilines is 1. The number of nitrogens with zero attached hydrogens (tertiary/aromatic N) is 2. The SMILES string of the molecule is Cn1c(-c2cccc(Cl)c2)cc2cc(NC(=O)c3cc(CNC(=O)C(C)(C)F)cnc3C(N)F)ccc21. The van der Waals surface area contributed by atoms with Gasteiger partial charge in [-0.2, -0.15) is 0 Å². The lowest BCUT2D eigenvalue weighted by molar-refractivity contribution is -0.130. The Morgan fingerprint density at radius 2 is 1.92 bits per heavy atom. The molecule has 0 fully saturated rings. The predicted molar refractivity (Wildman–Crippen MR) is 141 cm³/mol. The topological polar surface area (TPSA) is 102 Å². The number of amides is 2. The van der Waals surface area contributed by atoms with Crippen molar-refractivity contribution in [2.45, 2.75) is 32.4 Å². The van der Waals surface area contributed by atoms with E-state index >= 15 is 0 Å². The van der Waals surface area contributed by atoms with E-state index in [1.54, 1.807) is 18.2 Å². The third-order valence-corrected chi connectivity index (χ3v) is 6.13. The number of hydrogen-bond donors (Lipinski definition) is 3. The minimum atomic E-state index is -2.07. The molecular weight excluding hydrogens is 500 g/mol. The molecule has 0 aliphatic rings. The van der Waals surface area contributed by atoms with Crippen LogP contribution < -0.4 is 16.4 Å². The number of rotatable bonds is 7. The summed E-state index contributed by atoms with van der Waals surface area (Å²) in [6.07, 6.45) is -0.712. The van der Waals surface area contributed by atoms with Gasteiger partial charge in [0.2, 0.25) is 0 Å². The largest absolute Gasteiger partial charge is 0.349 e. The standard InChI is InChI=1S/C27H26ClF2N5O2/c1-27(2,30)26(37)33-14-15-9-20(23(24(29)31)32-13-15)25(36)34-19-7-8-21-17(11-19)12-22(35(21)3)16-5-4-6-18(28)10-16/h4-13,24H,14,31H2,1-3H3,(H,33,37)(H,34,36). The summed E-state index contributed by atoms with van der Waals surface area (Å²) < 4.78 is 29.9. The normalized spacial score (nSPS) is 12.4. The van der Waals surface area contributed by atoms with Gasteiger partial charge in [0.1, 0.15) is 5.69 Å². The highest BCUT2D eigenvalue weighted by molar-refractivity contribution is 6.30. The first-order chi connectivity index (χ1) is 17.4. The maximum atomic E-state index is 14.0. The van der Waals surface area contributed by atoms with Crippen molar-refractivity contribution in [1.29, 1.82) is 0 Å². The third kappa shape index (κ3) is 5.79. The van der Waals surface area contributed by atoms with Crippen molar-refractivity contribution in [3.63, 3.8) is 0 Å². The predicted octanol–water partition coefficient (Wildman–Crippen LogP) is 5.44. The molecular formula is C27H26ClF2N5O2. The van der Waals surface area contributed by atoms with Crippen LogP contribution in [0.2, 0.25) is 5.02 Å². The maximum Gasteiger partial charge on any atom is 0.257 e. The second kappa shape index (κ2) is 10.3. The number of fused-ring (bicyclic) bond motifs is 1. The van der Waals surface area contributed by atoms with Crippen LogP contribution in [0.5, 0.6) is 0 Å². The molecule has 4 rings (SSSR count). The molecule has 0 aliphatic heterocycles. The summed E-state index contributed by atoms with van der Waals surface area (Å²) in [6.45, 7) is 2.17. The molecule has 0 saturated heterocycles. The zero-order valence-electron chi connectivity index (χ0n) is 20.5. The Morgan fingerprint density at radius 1 is 1.16 bits per heavy atom. The van der Waals surface area contributed by atoms with Crippen molar-refractivity contribution >= 4 is 40.0 Å². The first-order valence-electron chi connectivity index (χ1n) is 11.5. The van der Waals surface area contributed by atoms with E-state index in [4.69, 9.17) is 17.3 Å². The number of aromatic nitrogens is 2. The van der Waals surface area contributed by atoms with E-state index < -0.39 is 23.8 Å². The molecule has 1 unspecified atom stereocenters. The van der Waals surface area contributed by atoms with Crippen molar-refractivity contribution < 1.29 is 18.4 Å². The van der Waals surface area contributed by atoms with Crippen molar-refractivity contribution in [3.8, 4) is 11.3 Å². The fourth-order valence-corrected chi connectivity index (χ4v) is 4.15. The third-order valence-electron chi connectivity index (χ3n) is 5.89. The lowest BCUT2D eigenvalue weighted by Crippen LogP contribution is -2.38. The molecule has 192 valence electrons. The number of carbonyl (C=O) groups is 2. The molecule has 7 nitrogen and oxygen atoms in total. The van der Waals surface area contributed by atoms with Crippen LogP contribution >= 0.6 is 11.6 Å². The average Bonchev–Trinajstić information content (AvgIpc) is 3.17. The smallest absolute Gasteiger partial charge is 0.257 e. The first-order valence-corrected chi connectivity index (χ1v) is 11.8. The molecule has 0 saturated carbocycles. The highest BCUT2D eigenvalue weighted by atomic mass is 35.5. The van der Waals surface area contributed by atoms with Crippen molar-refractivity contribution in [1.82, 2.24) is 14.9 Å². The molecule has 4 aromatic rings. The van der Waals surface area contributed by atoms with Crippen LogP contribution in [-0.4, -0.2) is 27.0 Å². The average molecular weight is 526 g/mol. The molecule has 4 N–H and O–H groups in total. The molecule has 0 aliphatic carbocycles. The number of carbonyl (C=O) groups excluding carboxylic acids is 2. The summed E-state index contributed by atoms with van der Waals surface area (Å²) in [5.74, 6) is -1.45. The van der Waals surface area contributed by atoms with Crippen LogP contribution in [0, 0.1) is 0 Å². The second-order valence-electron chi connectivity index (χ2n) is 9.16. The van der Waals surface area contributed by atoms with Gasteiger partial charge >= 0.3 is 0 Å². The van der Waals surface area contributed by atoms with Gasteiger partial charge in [0, 0.05) is 47.1 Å². The van der Waals surface area contributed by atoms with Gasteiger partial charge in [-0.1, -0.05) is 23.7 Å². The maximum absolute atomic E-state index is 14.0. The van der Waals surface area contributed by atoms with E-state index in [1.165, 1.54) is 12.3 Å². The van der Waals surface area contributed by atoms with Gasteiger partial charge in [0.05, 0.1) is 5.56 Å². The summed E-state index contributed by atoms with van der Waals surface area (Å²) >= 11 is 6.15. The van der Waals surface area contributed by atoms with E-state index in [0.29, 0.717) is 16.3 Å². The zero-order valence-corrected chi connectivity index (χ0v) is 21.2. The fourth-order valence-electron chi connectivity index (χ4n) is 3.96. The van der Waals surface area contributed by atoms with Gasteiger partial charge in [0.25, 0.3) is 11.8 Å². The molecule has 0 bridgehead atoms.